The highest BCUT2D eigenvalue weighted by atomic mass is 35.7. The van der Waals surface area contributed by atoms with E-state index in [1.165, 1.54) is 0 Å². The minimum Gasteiger partial charge on any atom is -0.236 e. The van der Waals surface area contributed by atoms with Crippen LogP contribution >= 0.6 is 18.2 Å². The van der Waals surface area contributed by atoms with Gasteiger partial charge in [-0.05, 0) is 0 Å². The van der Waals surface area contributed by atoms with Crippen LogP contribution < -0.4 is 0 Å². The maximum atomic E-state index is 10.5. The lowest BCUT2D eigenvalue weighted by Gasteiger charge is -2.03. The Labute approximate surface area is 57.0 Å². The Morgan fingerprint density at radius 1 is 1.22 bits per heavy atom. The average Bonchev–Trinajstić information content (AvgIpc) is 1.64. The maximum Gasteiger partial charge on any atom is 0.478 e. The van der Waals surface area contributed by atoms with Crippen LogP contribution in [0.15, 0.2) is 0 Å². The Morgan fingerprint density at radius 3 is 1.78 bits per heavy atom. The molecule has 0 heterocycles. The fourth-order valence-corrected chi connectivity index (χ4v) is 0.910. The Morgan fingerprint density at radius 2 is 1.56 bits per heavy atom. The molecule has 0 saturated carbocycles. The van der Waals surface area contributed by atoms with Gasteiger partial charge in [0.15, 0.2) is 0 Å². The molecule has 0 aliphatic rings. The third-order valence-electron chi connectivity index (χ3n) is 0.327. The smallest absolute Gasteiger partial charge is 0.236 e. The Hall–Kier alpha value is 0.360. The number of halogens is 1. The van der Waals surface area contributed by atoms with Crippen molar-refractivity contribution in [2.45, 2.75) is 0 Å². The molecule has 0 aromatic rings. The van der Waals surface area contributed by atoms with Crippen LogP contribution in [0.5, 0.6) is 0 Å². The molecule has 56 valence electrons. The normalized spacial score (nSPS) is 11.9. The summed E-state index contributed by atoms with van der Waals surface area (Å²) in [5, 5.41) is 0. The lowest BCUT2D eigenvalue weighted by Crippen LogP contribution is -1.87. The van der Waals surface area contributed by atoms with Crippen molar-refractivity contribution in [1.82, 2.24) is 0 Å². The highest BCUT2D eigenvalue weighted by molar-refractivity contribution is 7.81. The molecule has 9 heavy (non-hydrogen) atoms. The molecular weight excluding hydrogens is 170 g/mol. The topological polar surface area (TPSA) is 54.0 Å². The predicted molar refractivity (Wildman–Crippen MR) is 29.6 cm³/mol. The summed E-state index contributed by atoms with van der Waals surface area (Å²) in [6.07, 6.45) is 0. The van der Waals surface area contributed by atoms with E-state index in [4.69, 9.17) is 11.2 Å². The summed E-state index contributed by atoms with van der Waals surface area (Å²) >= 11 is 5.00. The monoisotopic (exact) mass is 176 g/mol. The highest BCUT2D eigenvalue weighted by Crippen LogP contribution is 2.53. The summed E-state index contributed by atoms with van der Waals surface area (Å²) in [7, 11) is 2.29. The summed E-state index contributed by atoms with van der Waals surface area (Å²) in [6, 6.07) is 0. The van der Waals surface area contributed by atoms with Crippen LogP contribution in [-0.2, 0) is 23.7 Å². The van der Waals surface area contributed by atoms with Gasteiger partial charge in [-0.3, -0.25) is 0 Å². The first kappa shape index (κ1) is 9.36. The third kappa shape index (κ3) is 4.84. The Bertz CT molecular complexity index is 106. The minimum absolute atomic E-state index is 1.15. The van der Waals surface area contributed by atoms with Gasteiger partial charge in [0.2, 0.25) is 0 Å². The molecule has 5 nitrogen and oxygen atoms in total. The van der Waals surface area contributed by atoms with Gasteiger partial charge < -0.3 is 0 Å². The standard InChI is InChI=1S/C2H6ClO5P/c1-5-7-9(3,4)8-6-2/h1-2H3. The van der Waals surface area contributed by atoms with Gasteiger partial charge in [0, 0.05) is 11.2 Å². The van der Waals surface area contributed by atoms with Crippen LogP contribution in [-0.4, -0.2) is 14.2 Å². The first-order valence-corrected chi connectivity index (χ1v) is 4.31. The third-order valence-corrected chi connectivity index (χ3v) is 1.32. The second kappa shape index (κ2) is 4.22. The Balaban J connectivity index is 3.58. The Kier molecular flexibility index (Phi) is 4.39. The van der Waals surface area contributed by atoms with Crippen LogP contribution in [0.1, 0.15) is 0 Å². The highest BCUT2D eigenvalue weighted by Gasteiger charge is 2.22. The second-order valence-electron chi connectivity index (χ2n) is 0.913. The maximum absolute atomic E-state index is 10.5. The SMILES string of the molecule is COOP(=O)(Cl)OOC. The van der Waals surface area contributed by atoms with E-state index in [2.05, 4.69) is 19.1 Å². The minimum atomic E-state index is -3.66. The zero-order valence-electron chi connectivity index (χ0n) is 4.87. The molecule has 0 aliphatic heterocycles. The van der Waals surface area contributed by atoms with Crippen molar-refractivity contribution in [3.8, 4) is 0 Å². The fourth-order valence-electron chi connectivity index (χ4n) is 0.190. The van der Waals surface area contributed by atoms with Crippen LogP contribution in [0.4, 0.5) is 0 Å². The summed E-state index contributed by atoms with van der Waals surface area (Å²) in [5.74, 6) is 0. The molecule has 0 radical (unpaired) electrons. The van der Waals surface area contributed by atoms with Gasteiger partial charge in [-0.15, -0.1) is 9.35 Å². The molecule has 0 amide bonds. The lowest BCUT2D eigenvalue weighted by atomic mass is 11.8. The van der Waals surface area contributed by atoms with E-state index in [9.17, 15) is 4.57 Å². The van der Waals surface area contributed by atoms with Crippen molar-refractivity contribution in [3.63, 3.8) is 0 Å². The second-order valence-corrected chi connectivity index (χ2v) is 3.31. The number of rotatable bonds is 4. The van der Waals surface area contributed by atoms with Gasteiger partial charge in [-0.25, -0.2) is 14.3 Å². The molecule has 0 bridgehead atoms. The van der Waals surface area contributed by atoms with E-state index in [1.54, 1.807) is 0 Å². The molecule has 0 aromatic heterocycles. The molecule has 0 aromatic carbocycles. The molecule has 0 aliphatic carbocycles. The van der Waals surface area contributed by atoms with Gasteiger partial charge >= 0.3 is 6.95 Å². The molecule has 7 heteroatoms. The van der Waals surface area contributed by atoms with Gasteiger partial charge in [-0.1, -0.05) is 0 Å². The molecule has 0 saturated heterocycles. The molecule has 0 spiro atoms. The summed E-state index contributed by atoms with van der Waals surface area (Å²) < 4.78 is 18.4. The molecule has 0 atom stereocenters. The molecule has 0 N–H and O–H groups in total. The van der Waals surface area contributed by atoms with Crippen LogP contribution in [0, 0.1) is 0 Å². The van der Waals surface area contributed by atoms with E-state index in [0.29, 0.717) is 0 Å². The van der Waals surface area contributed by atoms with Crippen molar-refractivity contribution >= 4 is 18.2 Å². The van der Waals surface area contributed by atoms with Crippen LogP contribution in [0.2, 0.25) is 0 Å². The lowest BCUT2D eigenvalue weighted by molar-refractivity contribution is -0.237. The molecule has 0 rings (SSSR count). The van der Waals surface area contributed by atoms with E-state index < -0.39 is 6.95 Å². The van der Waals surface area contributed by atoms with Crippen molar-refractivity contribution in [2.24, 2.45) is 0 Å². The molecular formula is C2H6ClO5P. The zero-order valence-corrected chi connectivity index (χ0v) is 6.52. The van der Waals surface area contributed by atoms with Gasteiger partial charge in [0.25, 0.3) is 0 Å². The van der Waals surface area contributed by atoms with Gasteiger partial charge in [-0.2, -0.15) is 0 Å². The summed E-state index contributed by atoms with van der Waals surface area (Å²) in [6.45, 7) is -3.66. The van der Waals surface area contributed by atoms with Crippen molar-refractivity contribution in [1.29, 1.82) is 0 Å². The van der Waals surface area contributed by atoms with E-state index >= 15 is 0 Å². The van der Waals surface area contributed by atoms with Crippen molar-refractivity contribution < 1.29 is 23.7 Å². The number of hydrogen-bond acceptors (Lipinski definition) is 5. The largest absolute Gasteiger partial charge is 0.478 e. The van der Waals surface area contributed by atoms with E-state index in [1.807, 2.05) is 0 Å². The summed E-state index contributed by atoms with van der Waals surface area (Å²) in [5.41, 5.74) is 0. The number of hydrogen-bond donors (Lipinski definition) is 0. The van der Waals surface area contributed by atoms with Crippen molar-refractivity contribution in [2.75, 3.05) is 14.2 Å². The average molecular weight is 176 g/mol. The van der Waals surface area contributed by atoms with Crippen molar-refractivity contribution in [3.05, 3.63) is 0 Å². The first-order valence-electron chi connectivity index (χ1n) is 1.87. The van der Waals surface area contributed by atoms with Crippen LogP contribution in [0.3, 0.4) is 0 Å². The zero-order chi connectivity index (χ0) is 7.33. The molecule has 0 unspecified atom stereocenters. The van der Waals surface area contributed by atoms with Gasteiger partial charge in [0.05, 0.1) is 14.2 Å². The van der Waals surface area contributed by atoms with E-state index in [-0.39, 0.29) is 0 Å². The van der Waals surface area contributed by atoms with E-state index in [0.717, 1.165) is 14.2 Å². The fraction of sp³-hybridized carbons (Fsp3) is 1.00. The quantitative estimate of drug-likeness (QED) is 0.369. The first-order chi connectivity index (χ1) is 4.12. The summed E-state index contributed by atoms with van der Waals surface area (Å²) in [4.78, 5) is 7.92. The van der Waals surface area contributed by atoms with Crippen LogP contribution in [0.25, 0.3) is 0 Å². The molecule has 0 fully saturated rings. The van der Waals surface area contributed by atoms with Gasteiger partial charge in [0.1, 0.15) is 0 Å². The predicted octanol–water partition coefficient (Wildman–Crippen LogP) is 1.49.